The molecule has 8 aromatic carbocycles. The molecule has 0 radical (unpaired) electrons. The van der Waals surface area contributed by atoms with Gasteiger partial charge in [-0.1, -0.05) is 127 Å². The Bertz CT molecular complexity index is 3530. The number of furan rings is 2. The van der Waals surface area contributed by atoms with Crippen LogP contribution in [-0.4, -0.2) is 19.5 Å². The third kappa shape index (κ3) is 4.94. The van der Waals surface area contributed by atoms with Gasteiger partial charge < -0.3 is 13.4 Å². The Balaban J connectivity index is 1.11. The lowest BCUT2D eigenvalue weighted by atomic mass is 10.0. The topological polar surface area (TPSA) is 69.9 Å². The van der Waals surface area contributed by atoms with Crippen LogP contribution in [0.5, 0.6) is 0 Å². The average molecular weight is 731 g/mol. The van der Waals surface area contributed by atoms with Gasteiger partial charge in [0, 0.05) is 55.2 Å². The van der Waals surface area contributed by atoms with Gasteiger partial charge in [0.05, 0.1) is 16.6 Å². The largest absolute Gasteiger partial charge is 0.456 e. The van der Waals surface area contributed by atoms with E-state index in [-0.39, 0.29) is 0 Å². The minimum Gasteiger partial charge on any atom is -0.456 e. The Morgan fingerprint density at radius 2 is 0.982 bits per heavy atom. The molecule has 0 aliphatic carbocycles. The molecule has 0 aliphatic heterocycles. The van der Waals surface area contributed by atoms with Gasteiger partial charge >= 0.3 is 0 Å². The van der Waals surface area contributed by atoms with Gasteiger partial charge in [-0.25, -0.2) is 15.0 Å². The Hall–Kier alpha value is -7.83. The molecular formula is C51H30N4O2. The van der Waals surface area contributed by atoms with Crippen LogP contribution in [0.25, 0.3) is 117 Å². The van der Waals surface area contributed by atoms with Crippen LogP contribution < -0.4 is 0 Å². The summed E-state index contributed by atoms with van der Waals surface area (Å²) in [5.74, 6) is 1.65. The zero-order valence-corrected chi connectivity index (χ0v) is 30.4. The molecule has 57 heavy (non-hydrogen) atoms. The fourth-order valence-corrected chi connectivity index (χ4v) is 8.47. The molecule has 6 heteroatoms. The van der Waals surface area contributed by atoms with E-state index in [9.17, 15) is 0 Å². The van der Waals surface area contributed by atoms with Crippen LogP contribution in [0.4, 0.5) is 0 Å². The highest BCUT2D eigenvalue weighted by molar-refractivity contribution is 6.18. The van der Waals surface area contributed by atoms with Gasteiger partial charge in [0.15, 0.2) is 17.5 Å². The van der Waals surface area contributed by atoms with E-state index in [2.05, 4.69) is 138 Å². The highest BCUT2D eigenvalue weighted by Crippen LogP contribution is 2.42. The van der Waals surface area contributed by atoms with E-state index in [1.54, 1.807) is 0 Å². The quantitative estimate of drug-likeness (QED) is 0.176. The number of para-hydroxylation sites is 4. The van der Waals surface area contributed by atoms with Crippen LogP contribution in [0, 0.1) is 0 Å². The first-order chi connectivity index (χ1) is 28.2. The van der Waals surface area contributed by atoms with Crippen molar-refractivity contribution in [1.82, 2.24) is 19.5 Å². The average Bonchev–Trinajstić information content (AvgIpc) is 3.95. The molecule has 0 atom stereocenters. The van der Waals surface area contributed by atoms with E-state index in [0.29, 0.717) is 17.5 Å². The van der Waals surface area contributed by atoms with Crippen molar-refractivity contribution in [3.8, 4) is 51.0 Å². The van der Waals surface area contributed by atoms with Crippen molar-refractivity contribution in [3.63, 3.8) is 0 Å². The summed E-state index contributed by atoms with van der Waals surface area (Å²) in [7, 11) is 0. The Labute approximate surface area is 325 Å². The second kappa shape index (κ2) is 12.3. The van der Waals surface area contributed by atoms with Crippen molar-refractivity contribution in [2.24, 2.45) is 0 Å². The molecule has 0 bridgehead atoms. The van der Waals surface area contributed by atoms with Crippen LogP contribution >= 0.6 is 0 Å². The van der Waals surface area contributed by atoms with Gasteiger partial charge in [0.25, 0.3) is 0 Å². The molecular weight excluding hydrogens is 701 g/mol. The molecule has 0 saturated heterocycles. The molecule has 0 unspecified atom stereocenters. The summed E-state index contributed by atoms with van der Waals surface area (Å²) in [5, 5.41) is 6.37. The normalized spacial score (nSPS) is 11.9. The number of aromatic nitrogens is 4. The first kappa shape index (κ1) is 31.5. The van der Waals surface area contributed by atoms with Crippen LogP contribution in [-0.2, 0) is 0 Å². The second-order valence-electron chi connectivity index (χ2n) is 14.4. The summed E-state index contributed by atoms with van der Waals surface area (Å²) >= 11 is 0. The SMILES string of the molecule is c1ccc(-c2cccc(-c3nc(-c4cccc5c4oc4cc6c(cc45)c4ccccc4n6-c4ccccc4)nc(-c4cccc5oc6ccccc6c45)n3)c2)cc1. The van der Waals surface area contributed by atoms with E-state index in [1.807, 2.05) is 48.5 Å². The molecule has 12 aromatic rings. The van der Waals surface area contributed by atoms with Crippen molar-refractivity contribution in [2.45, 2.75) is 0 Å². The molecule has 12 rings (SSSR count). The van der Waals surface area contributed by atoms with Crippen molar-refractivity contribution >= 4 is 65.7 Å². The van der Waals surface area contributed by atoms with Gasteiger partial charge in [0.1, 0.15) is 22.3 Å². The van der Waals surface area contributed by atoms with E-state index < -0.39 is 0 Å². The third-order valence-corrected chi connectivity index (χ3v) is 11.1. The van der Waals surface area contributed by atoms with Gasteiger partial charge in [-0.3, -0.25) is 0 Å². The lowest BCUT2D eigenvalue weighted by molar-refractivity contribution is 0.668. The van der Waals surface area contributed by atoms with E-state index in [4.69, 9.17) is 23.8 Å². The predicted molar refractivity (Wildman–Crippen MR) is 230 cm³/mol. The molecule has 0 saturated carbocycles. The minimum atomic E-state index is 0.526. The first-order valence-electron chi connectivity index (χ1n) is 19.0. The van der Waals surface area contributed by atoms with Gasteiger partial charge in [-0.05, 0) is 59.7 Å². The number of benzene rings is 8. The first-order valence-corrected chi connectivity index (χ1v) is 19.0. The molecule has 0 N–H and O–H groups in total. The van der Waals surface area contributed by atoms with Gasteiger partial charge in [0.2, 0.25) is 0 Å². The van der Waals surface area contributed by atoms with Crippen LogP contribution in [0.2, 0.25) is 0 Å². The van der Waals surface area contributed by atoms with Gasteiger partial charge in [-0.15, -0.1) is 0 Å². The number of rotatable bonds is 5. The van der Waals surface area contributed by atoms with E-state index in [1.165, 1.54) is 10.8 Å². The summed E-state index contributed by atoms with van der Waals surface area (Å²) in [6.45, 7) is 0. The number of fused-ring (bicyclic) bond motifs is 9. The van der Waals surface area contributed by atoms with Crippen molar-refractivity contribution in [1.29, 1.82) is 0 Å². The zero-order chi connectivity index (χ0) is 37.5. The number of hydrogen-bond donors (Lipinski definition) is 0. The Kier molecular flexibility index (Phi) is 6.83. The smallest absolute Gasteiger partial charge is 0.167 e. The standard InChI is InChI=1S/C51H30N4O2/c1-3-14-31(15-4-1)32-16-11-17-33(28-32)49-52-50(38-23-13-27-45-47(38)37-21-8-10-26-44(37)56-45)54-51(53-49)39-24-12-22-36-41-29-40-35-20-7-9-25-42(35)55(34-18-5-2-6-19-34)43(40)30-46(41)57-48(36)39/h1-30H. The second-order valence-corrected chi connectivity index (χ2v) is 14.4. The van der Waals surface area contributed by atoms with Crippen molar-refractivity contribution < 1.29 is 8.83 Å². The highest BCUT2D eigenvalue weighted by Gasteiger charge is 2.22. The van der Waals surface area contributed by atoms with Crippen LogP contribution in [0.1, 0.15) is 0 Å². The summed E-state index contributed by atoms with van der Waals surface area (Å²) in [6, 6.07) is 62.6. The molecule has 6 nitrogen and oxygen atoms in total. The fourth-order valence-electron chi connectivity index (χ4n) is 8.47. The highest BCUT2D eigenvalue weighted by atomic mass is 16.3. The van der Waals surface area contributed by atoms with Crippen molar-refractivity contribution in [3.05, 3.63) is 182 Å². The van der Waals surface area contributed by atoms with Crippen LogP contribution in [0.3, 0.4) is 0 Å². The van der Waals surface area contributed by atoms with E-state index >= 15 is 0 Å². The Morgan fingerprint density at radius 1 is 0.351 bits per heavy atom. The molecule has 0 aliphatic rings. The predicted octanol–water partition coefficient (Wildman–Crippen LogP) is 13.4. The van der Waals surface area contributed by atoms with Crippen molar-refractivity contribution in [2.75, 3.05) is 0 Å². The molecule has 0 fully saturated rings. The van der Waals surface area contributed by atoms with E-state index in [0.717, 1.165) is 88.4 Å². The summed E-state index contributed by atoms with van der Waals surface area (Å²) in [4.78, 5) is 15.7. The zero-order valence-electron chi connectivity index (χ0n) is 30.4. The fraction of sp³-hybridized carbons (Fsp3) is 0. The third-order valence-electron chi connectivity index (χ3n) is 11.1. The van der Waals surface area contributed by atoms with Crippen LogP contribution in [0.15, 0.2) is 191 Å². The molecule has 0 spiro atoms. The minimum absolute atomic E-state index is 0.526. The maximum absolute atomic E-state index is 6.89. The molecule has 0 amide bonds. The summed E-state index contributed by atoms with van der Waals surface area (Å²) in [5.41, 5.74) is 11.2. The Morgan fingerprint density at radius 3 is 1.86 bits per heavy atom. The van der Waals surface area contributed by atoms with Gasteiger partial charge in [-0.2, -0.15) is 0 Å². The lowest BCUT2D eigenvalue weighted by Gasteiger charge is -2.10. The molecule has 4 heterocycles. The summed E-state index contributed by atoms with van der Waals surface area (Å²) < 4.78 is 15.5. The maximum Gasteiger partial charge on any atom is 0.167 e. The maximum atomic E-state index is 6.89. The molecule has 266 valence electrons. The summed E-state index contributed by atoms with van der Waals surface area (Å²) in [6.07, 6.45) is 0. The lowest BCUT2D eigenvalue weighted by Crippen LogP contribution is -2.00. The monoisotopic (exact) mass is 730 g/mol. The molecule has 4 aromatic heterocycles. The number of nitrogens with zero attached hydrogens (tertiary/aromatic N) is 4. The number of hydrogen-bond acceptors (Lipinski definition) is 5.